The summed E-state index contributed by atoms with van der Waals surface area (Å²) in [5, 5.41) is 28.6. The van der Waals surface area contributed by atoms with E-state index < -0.39 is 5.60 Å². The van der Waals surface area contributed by atoms with Gasteiger partial charge in [-0.1, -0.05) is 0 Å². The van der Waals surface area contributed by atoms with Crippen LogP contribution in [0.2, 0.25) is 0 Å². The lowest BCUT2D eigenvalue weighted by Crippen LogP contribution is -2.47. The first-order valence-corrected chi connectivity index (χ1v) is 6.37. The van der Waals surface area contributed by atoms with Crippen molar-refractivity contribution in [3.63, 3.8) is 0 Å². The topological polar surface area (TPSA) is 81.0 Å². The van der Waals surface area contributed by atoms with E-state index in [1.165, 1.54) is 18.2 Å². The zero-order valence-corrected chi connectivity index (χ0v) is 11.0. The van der Waals surface area contributed by atoms with Crippen molar-refractivity contribution in [1.29, 1.82) is 0 Å². The predicted octanol–water partition coefficient (Wildman–Crippen LogP) is 1.13. The molecule has 0 bridgehead atoms. The summed E-state index contributed by atoms with van der Waals surface area (Å²) in [6.45, 7) is 3.24. The molecule has 5 heteroatoms. The van der Waals surface area contributed by atoms with E-state index in [2.05, 4.69) is 0 Å². The van der Waals surface area contributed by atoms with Crippen LogP contribution in [0.25, 0.3) is 0 Å². The van der Waals surface area contributed by atoms with Gasteiger partial charge in [0.15, 0.2) is 17.3 Å². The van der Waals surface area contributed by atoms with E-state index in [1.807, 2.05) is 4.90 Å². The van der Waals surface area contributed by atoms with Gasteiger partial charge in [-0.05, 0) is 44.5 Å². The molecule has 0 aromatic heterocycles. The minimum Gasteiger partial charge on any atom is -0.504 e. The molecule has 0 aliphatic carbocycles. The van der Waals surface area contributed by atoms with Crippen molar-refractivity contribution in [2.75, 3.05) is 19.6 Å². The number of Topliss-reactive ketones (excluding diaryl/α,β-unsaturated/α-hetero) is 1. The van der Waals surface area contributed by atoms with Gasteiger partial charge in [0.2, 0.25) is 0 Å². The fourth-order valence-corrected chi connectivity index (χ4v) is 2.45. The molecule has 104 valence electrons. The molecule has 1 aliphatic heterocycles. The molecule has 1 saturated heterocycles. The summed E-state index contributed by atoms with van der Waals surface area (Å²) >= 11 is 0. The molecule has 5 nitrogen and oxygen atoms in total. The Labute approximate surface area is 112 Å². The molecular formula is C14H19NO4. The number of β-amino-alcohol motifs (C(OH)–C–C–N with tert-alkyl or cyclic N) is 1. The average Bonchev–Trinajstić information content (AvgIpc) is 2.31. The summed E-state index contributed by atoms with van der Waals surface area (Å²) in [6.07, 6.45) is 1.61. The Morgan fingerprint density at radius 1 is 1.37 bits per heavy atom. The van der Waals surface area contributed by atoms with Gasteiger partial charge in [0, 0.05) is 12.1 Å². The molecule has 1 atom stereocenters. The van der Waals surface area contributed by atoms with Crippen LogP contribution >= 0.6 is 0 Å². The lowest BCUT2D eigenvalue weighted by Gasteiger charge is -2.36. The highest BCUT2D eigenvalue weighted by Crippen LogP contribution is 2.25. The molecule has 1 heterocycles. The number of hydrogen-bond donors (Lipinski definition) is 3. The summed E-state index contributed by atoms with van der Waals surface area (Å²) in [7, 11) is 0. The van der Waals surface area contributed by atoms with Crippen molar-refractivity contribution >= 4 is 5.78 Å². The number of aliphatic hydroxyl groups is 1. The largest absolute Gasteiger partial charge is 0.504 e. The highest BCUT2D eigenvalue weighted by atomic mass is 16.3. The van der Waals surface area contributed by atoms with E-state index >= 15 is 0 Å². The molecule has 3 N–H and O–H groups in total. The standard InChI is InChI=1S/C14H19NO4/c1-14(19)5-2-6-15(9-14)8-13(18)10-3-4-11(16)12(17)7-10/h3-4,7,16-17,19H,2,5-6,8-9H2,1H3. The monoisotopic (exact) mass is 265 g/mol. The third kappa shape index (κ3) is 3.45. The average molecular weight is 265 g/mol. The van der Waals surface area contributed by atoms with E-state index in [9.17, 15) is 20.1 Å². The highest BCUT2D eigenvalue weighted by Gasteiger charge is 2.29. The fourth-order valence-electron chi connectivity index (χ4n) is 2.45. The lowest BCUT2D eigenvalue weighted by molar-refractivity contribution is -0.0133. The number of nitrogens with zero attached hydrogens (tertiary/aromatic N) is 1. The van der Waals surface area contributed by atoms with Crippen molar-refractivity contribution in [2.24, 2.45) is 0 Å². The van der Waals surface area contributed by atoms with E-state index in [0.717, 1.165) is 19.4 Å². The molecule has 0 saturated carbocycles. The van der Waals surface area contributed by atoms with Crippen LogP contribution in [0.4, 0.5) is 0 Å². The Morgan fingerprint density at radius 2 is 2.11 bits per heavy atom. The highest BCUT2D eigenvalue weighted by molar-refractivity contribution is 5.98. The van der Waals surface area contributed by atoms with Crippen molar-refractivity contribution in [3.8, 4) is 11.5 Å². The molecule has 1 aromatic rings. The predicted molar refractivity (Wildman–Crippen MR) is 70.4 cm³/mol. The molecule has 1 aliphatic rings. The van der Waals surface area contributed by atoms with Crippen LogP contribution in [0.5, 0.6) is 11.5 Å². The summed E-state index contributed by atoms with van der Waals surface area (Å²) in [5.41, 5.74) is -0.379. The van der Waals surface area contributed by atoms with Gasteiger partial charge in [0.1, 0.15) is 0 Å². The molecule has 0 radical (unpaired) electrons. The first kappa shape index (κ1) is 13.8. The van der Waals surface area contributed by atoms with Crippen molar-refractivity contribution in [2.45, 2.75) is 25.4 Å². The maximum atomic E-state index is 12.1. The normalized spacial score (nSPS) is 24.3. The Kier molecular flexibility index (Phi) is 3.78. The van der Waals surface area contributed by atoms with Crippen LogP contribution < -0.4 is 0 Å². The molecule has 1 unspecified atom stereocenters. The van der Waals surface area contributed by atoms with Gasteiger partial charge >= 0.3 is 0 Å². The van der Waals surface area contributed by atoms with E-state index in [-0.39, 0.29) is 23.8 Å². The molecule has 2 rings (SSSR count). The van der Waals surface area contributed by atoms with Crippen LogP contribution in [0, 0.1) is 0 Å². The van der Waals surface area contributed by atoms with E-state index in [1.54, 1.807) is 6.92 Å². The zero-order valence-electron chi connectivity index (χ0n) is 11.0. The third-order valence-electron chi connectivity index (χ3n) is 3.42. The minimum absolute atomic E-state index is 0.131. The maximum absolute atomic E-state index is 12.1. The third-order valence-corrected chi connectivity index (χ3v) is 3.42. The smallest absolute Gasteiger partial charge is 0.176 e. The quantitative estimate of drug-likeness (QED) is 0.564. The summed E-state index contributed by atoms with van der Waals surface area (Å²) in [5.74, 6) is -0.665. The van der Waals surface area contributed by atoms with E-state index in [0.29, 0.717) is 12.1 Å². The lowest BCUT2D eigenvalue weighted by atomic mass is 9.95. The first-order valence-electron chi connectivity index (χ1n) is 6.37. The number of ketones is 1. The number of hydrogen-bond acceptors (Lipinski definition) is 5. The first-order chi connectivity index (χ1) is 8.87. The van der Waals surface area contributed by atoms with Crippen LogP contribution in [0.15, 0.2) is 18.2 Å². The van der Waals surface area contributed by atoms with Crippen molar-refractivity contribution in [1.82, 2.24) is 4.90 Å². The summed E-state index contributed by atoms with van der Waals surface area (Å²) in [4.78, 5) is 14.0. The Balaban J connectivity index is 2.02. The van der Waals surface area contributed by atoms with Crippen LogP contribution in [-0.2, 0) is 0 Å². The number of likely N-dealkylation sites (tertiary alicyclic amines) is 1. The number of aromatic hydroxyl groups is 2. The number of rotatable bonds is 3. The SMILES string of the molecule is CC1(O)CCCN(CC(=O)c2ccc(O)c(O)c2)C1. The summed E-state index contributed by atoms with van der Waals surface area (Å²) in [6, 6.07) is 4.05. The van der Waals surface area contributed by atoms with Gasteiger partial charge in [-0.25, -0.2) is 0 Å². The van der Waals surface area contributed by atoms with Gasteiger partial charge in [-0.2, -0.15) is 0 Å². The molecule has 1 fully saturated rings. The maximum Gasteiger partial charge on any atom is 0.176 e. The van der Waals surface area contributed by atoms with Gasteiger partial charge in [-0.3, -0.25) is 9.69 Å². The van der Waals surface area contributed by atoms with Gasteiger partial charge in [0.05, 0.1) is 12.1 Å². The molecule has 0 spiro atoms. The second-order valence-electron chi connectivity index (χ2n) is 5.44. The van der Waals surface area contributed by atoms with Crippen LogP contribution in [-0.4, -0.2) is 51.2 Å². The molecule has 19 heavy (non-hydrogen) atoms. The molecule has 0 amide bonds. The van der Waals surface area contributed by atoms with Crippen LogP contribution in [0.3, 0.4) is 0 Å². The number of carbonyl (C=O) groups excluding carboxylic acids is 1. The number of carbonyl (C=O) groups is 1. The number of piperidine rings is 1. The summed E-state index contributed by atoms with van der Waals surface area (Å²) < 4.78 is 0. The molecular weight excluding hydrogens is 246 g/mol. The van der Waals surface area contributed by atoms with Crippen LogP contribution in [0.1, 0.15) is 30.1 Å². The number of phenolic OH excluding ortho intramolecular Hbond substituents is 2. The fraction of sp³-hybridized carbons (Fsp3) is 0.500. The van der Waals surface area contributed by atoms with Crippen molar-refractivity contribution in [3.05, 3.63) is 23.8 Å². The second-order valence-corrected chi connectivity index (χ2v) is 5.44. The number of phenols is 2. The van der Waals surface area contributed by atoms with Gasteiger partial charge in [-0.15, -0.1) is 0 Å². The second kappa shape index (κ2) is 5.19. The Bertz CT molecular complexity index is 484. The van der Waals surface area contributed by atoms with Gasteiger partial charge in [0.25, 0.3) is 0 Å². The Hall–Kier alpha value is -1.59. The Morgan fingerprint density at radius 3 is 2.74 bits per heavy atom. The zero-order chi connectivity index (χ0) is 14.0. The van der Waals surface area contributed by atoms with E-state index in [4.69, 9.17) is 0 Å². The minimum atomic E-state index is -0.740. The van der Waals surface area contributed by atoms with Crippen molar-refractivity contribution < 1.29 is 20.1 Å². The number of benzene rings is 1. The molecule has 1 aromatic carbocycles. The van der Waals surface area contributed by atoms with Gasteiger partial charge < -0.3 is 15.3 Å².